The molecule has 152 valence electrons. The van der Waals surface area contributed by atoms with E-state index in [9.17, 15) is 4.79 Å². The number of carbonyl (C=O) groups excluding carboxylic acids is 1. The maximum atomic E-state index is 12.8. The second-order valence-corrected chi connectivity index (χ2v) is 6.26. The zero-order valence-corrected chi connectivity index (χ0v) is 16.6. The number of ether oxygens (including phenoxy) is 3. The van der Waals surface area contributed by atoms with E-state index >= 15 is 0 Å². The summed E-state index contributed by atoms with van der Waals surface area (Å²) < 4.78 is 16.1. The first-order chi connectivity index (χ1) is 14.6. The molecule has 4 aromatic rings. The van der Waals surface area contributed by atoms with Crippen molar-refractivity contribution in [1.82, 2.24) is 20.2 Å². The van der Waals surface area contributed by atoms with Crippen LogP contribution in [0.25, 0.3) is 22.3 Å². The van der Waals surface area contributed by atoms with E-state index in [0.717, 1.165) is 5.56 Å². The summed E-state index contributed by atoms with van der Waals surface area (Å²) in [5.74, 6) is 1.56. The molecule has 0 saturated heterocycles. The molecule has 0 fully saturated rings. The molecule has 0 aliphatic carbocycles. The van der Waals surface area contributed by atoms with Gasteiger partial charge in [0, 0.05) is 24.0 Å². The van der Waals surface area contributed by atoms with Gasteiger partial charge in [-0.3, -0.25) is 19.9 Å². The number of hydrogen-bond donors (Lipinski definition) is 2. The summed E-state index contributed by atoms with van der Waals surface area (Å²) in [7, 11) is 4.64. The number of carbonyl (C=O) groups is 1. The predicted molar refractivity (Wildman–Crippen MR) is 111 cm³/mol. The van der Waals surface area contributed by atoms with Crippen LogP contribution in [0.2, 0.25) is 0 Å². The van der Waals surface area contributed by atoms with Crippen molar-refractivity contribution in [3.8, 4) is 28.5 Å². The zero-order valence-electron chi connectivity index (χ0n) is 16.6. The number of aromatic amines is 1. The van der Waals surface area contributed by atoms with Crippen LogP contribution in [-0.4, -0.2) is 47.4 Å². The van der Waals surface area contributed by atoms with Gasteiger partial charge in [-0.2, -0.15) is 5.10 Å². The Kier molecular flexibility index (Phi) is 5.17. The molecule has 4 rings (SSSR count). The summed E-state index contributed by atoms with van der Waals surface area (Å²) in [6.07, 6.45) is 3.14. The molecule has 0 atom stereocenters. The molecule has 0 aliphatic heterocycles. The van der Waals surface area contributed by atoms with Gasteiger partial charge in [0.05, 0.1) is 38.1 Å². The number of hydrogen-bond acceptors (Lipinski definition) is 7. The molecular formula is C21H19N5O4. The molecule has 0 unspecified atom stereocenters. The average molecular weight is 405 g/mol. The van der Waals surface area contributed by atoms with Gasteiger partial charge in [-0.15, -0.1) is 0 Å². The summed E-state index contributed by atoms with van der Waals surface area (Å²) in [5.41, 5.74) is 3.01. The van der Waals surface area contributed by atoms with E-state index in [0.29, 0.717) is 45.4 Å². The molecule has 2 aromatic heterocycles. The average Bonchev–Trinajstić information content (AvgIpc) is 3.25. The van der Waals surface area contributed by atoms with E-state index in [1.54, 1.807) is 70.1 Å². The van der Waals surface area contributed by atoms with Crippen molar-refractivity contribution in [2.75, 3.05) is 26.6 Å². The number of anilines is 1. The Morgan fingerprint density at radius 2 is 1.70 bits per heavy atom. The lowest BCUT2D eigenvalue weighted by Gasteiger charge is -2.13. The lowest BCUT2D eigenvalue weighted by atomic mass is 10.1. The quantitative estimate of drug-likeness (QED) is 0.506. The number of aromatic nitrogens is 4. The number of methoxy groups -OCH3 is 3. The van der Waals surface area contributed by atoms with Gasteiger partial charge in [0.2, 0.25) is 5.75 Å². The number of nitrogens with zero attached hydrogens (tertiary/aromatic N) is 3. The van der Waals surface area contributed by atoms with Crippen LogP contribution in [0.5, 0.6) is 17.2 Å². The van der Waals surface area contributed by atoms with Crippen LogP contribution in [0.1, 0.15) is 10.4 Å². The number of fused-ring (bicyclic) bond motifs is 1. The largest absolute Gasteiger partial charge is 0.493 e. The van der Waals surface area contributed by atoms with Crippen LogP contribution in [0.3, 0.4) is 0 Å². The molecule has 9 heteroatoms. The Hall–Kier alpha value is -4.14. The van der Waals surface area contributed by atoms with E-state index in [1.807, 2.05) is 0 Å². The van der Waals surface area contributed by atoms with Crippen LogP contribution in [0, 0.1) is 0 Å². The molecule has 9 nitrogen and oxygen atoms in total. The standard InChI is InChI=1S/C21H19N5O4/c1-28-16-9-12(10-17(29-2)20(16)30-3)15-11-18(26-25-15)24-21(27)13-5-4-6-14-19(13)23-8-7-22-14/h4-11H,1-3H3,(H2,24,25,26,27). The fourth-order valence-corrected chi connectivity index (χ4v) is 3.13. The number of nitrogens with one attached hydrogen (secondary N) is 2. The highest BCUT2D eigenvalue weighted by Gasteiger charge is 2.17. The lowest BCUT2D eigenvalue weighted by Crippen LogP contribution is -2.13. The monoisotopic (exact) mass is 405 g/mol. The van der Waals surface area contributed by atoms with Crippen molar-refractivity contribution in [2.24, 2.45) is 0 Å². The summed E-state index contributed by atoms with van der Waals surface area (Å²) in [4.78, 5) is 21.3. The second kappa shape index (κ2) is 8.08. The van der Waals surface area contributed by atoms with E-state index in [4.69, 9.17) is 14.2 Å². The summed E-state index contributed by atoms with van der Waals surface area (Å²) in [6.45, 7) is 0. The van der Waals surface area contributed by atoms with Crippen molar-refractivity contribution < 1.29 is 19.0 Å². The van der Waals surface area contributed by atoms with Crippen molar-refractivity contribution in [3.63, 3.8) is 0 Å². The first-order valence-corrected chi connectivity index (χ1v) is 9.01. The summed E-state index contributed by atoms with van der Waals surface area (Å²) in [5, 5.41) is 9.88. The van der Waals surface area contributed by atoms with Gasteiger partial charge in [-0.25, -0.2) is 0 Å². The van der Waals surface area contributed by atoms with Crippen molar-refractivity contribution in [3.05, 3.63) is 54.4 Å². The van der Waals surface area contributed by atoms with Gasteiger partial charge in [0.25, 0.3) is 5.91 Å². The summed E-state index contributed by atoms with van der Waals surface area (Å²) in [6, 6.07) is 10.6. The Balaban J connectivity index is 1.63. The predicted octanol–water partition coefficient (Wildman–Crippen LogP) is 3.30. The maximum absolute atomic E-state index is 12.8. The van der Waals surface area contributed by atoms with Gasteiger partial charge < -0.3 is 19.5 Å². The lowest BCUT2D eigenvalue weighted by molar-refractivity contribution is 0.102. The highest BCUT2D eigenvalue weighted by Crippen LogP contribution is 2.41. The van der Waals surface area contributed by atoms with Crippen molar-refractivity contribution in [1.29, 1.82) is 0 Å². The molecule has 2 aromatic carbocycles. The van der Waals surface area contributed by atoms with E-state index in [-0.39, 0.29) is 5.91 Å². The fourth-order valence-electron chi connectivity index (χ4n) is 3.13. The third-order valence-corrected chi connectivity index (χ3v) is 4.54. The van der Waals surface area contributed by atoms with E-state index < -0.39 is 0 Å². The molecular weight excluding hydrogens is 386 g/mol. The van der Waals surface area contributed by atoms with Gasteiger partial charge in [0.1, 0.15) is 5.52 Å². The molecule has 30 heavy (non-hydrogen) atoms. The number of amides is 1. The van der Waals surface area contributed by atoms with E-state index in [1.165, 1.54) is 0 Å². The molecule has 0 saturated carbocycles. The molecule has 0 spiro atoms. The van der Waals surface area contributed by atoms with Crippen molar-refractivity contribution in [2.45, 2.75) is 0 Å². The SMILES string of the molecule is COc1cc(-c2cc(NC(=O)c3cccc4nccnc34)n[nH]2)cc(OC)c1OC. The van der Waals surface area contributed by atoms with Gasteiger partial charge in [-0.05, 0) is 24.3 Å². The highest BCUT2D eigenvalue weighted by atomic mass is 16.5. The number of H-pyrrole nitrogens is 1. The maximum Gasteiger partial charge on any atom is 0.259 e. The normalized spacial score (nSPS) is 10.6. The van der Waals surface area contributed by atoms with Gasteiger partial charge >= 0.3 is 0 Å². The van der Waals surface area contributed by atoms with Crippen molar-refractivity contribution >= 4 is 22.8 Å². The molecule has 2 N–H and O–H groups in total. The van der Waals surface area contributed by atoms with Crippen LogP contribution < -0.4 is 19.5 Å². The second-order valence-electron chi connectivity index (χ2n) is 6.26. The Morgan fingerprint density at radius 3 is 2.40 bits per heavy atom. The smallest absolute Gasteiger partial charge is 0.259 e. The molecule has 0 radical (unpaired) electrons. The number of benzene rings is 2. The summed E-state index contributed by atoms with van der Waals surface area (Å²) >= 11 is 0. The Labute approximate surface area is 172 Å². The number of para-hydroxylation sites is 1. The minimum Gasteiger partial charge on any atom is -0.493 e. The first-order valence-electron chi connectivity index (χ1n) is 9.01. The molecule has 2 heterocycles. The third-order valence-electron chi connectivity index (χ3n) is 4.54. The number of rotatable bonds is 6. The van der Waals surface area contributed by atoms with Crippen LogP contribution >= 0.6 is 0 Å². The topological polar surface area (TPSA) is 111 Å². The molecule has 0 bridgehead atoms. The van der Waals surface area contributed by atoms with Crippen LogP contribution in [-0.2, 0) is 0 Å². The van der Waals surface area contributed by atoms with Gasteiger partial charge in [0.15, 0.2) is 17.3 Å². The zero-order chi connectivity index (χ0) is 21.1. The third kappa shape index (κ3) is 3.48. The first kappa shape index (κ1) is 19.2. The molecule has 1 amide bonds. The van der Waals surface area contributed by atoms with Gasteiger partial charge in [-0.1, -0.05) is 6.07 Å². The fraction of sp³-hybridized carbons (Fsp3) is 0.143. The molecule has 0 aliphatic rings. The van der Waals surface area contributed by atoms with Crippen LogP contribution in [0.4, 0.5) is 5.82 Å². The minimum atomic E-state index is -0.330. The minimum absolute atomic E-state index is 0.330. The van der Waals surface area contributed by atoms with Crippen LogP contribution in [0.15, 0.2) is 48.8 Å². The highest BCUT2D eigenvalue weighted by molar-refractivity contribution is 6.11. The Bertz CT molecular complexity index is 1190. The van der Waals surface area contributed by atoms with E-state index in [2.05, 4.69) is 25.5 Å². The Morgan fingerprint density at radius 1 is 0.967 bits per heavy atom.